The lowest BCUT2D eigenvalue weighted by atomic mass is 10.1. The van der Waals surface area contributed by atoms with Gasteiger partial charge in [0.2, 0.25) is 0 Å². The lowest BCUT2D eigenvalue weighted by molar-refractivity contribution is -0.137. The number of carbonyl (C=O) groups excluding carboxylic acids is 1. The SMILES string of the molecule is CSC(=CC(=O)c1cccc(C(F)(F)F)c1)S(C)=O. The predicted molar refractivity (Wildman–Crippen MR) is 71.4 cm³/mol. The second kappa shape index (κ2) is 6.38. The van der Waals surface area contributed by atoms with Gasteiger partial charge in [-0.25, -0.2) is 0 Å². The van der Waals surface area contributed by atoms with E-state index in [-0.39, 0.29) is 5.56 Å². The number of rotatable bonds is 4. The summed E-state index contributed by atoms with van der Waals surface area (Å²) in [6, 6.07) is 4.15. The fourth-order valence-corrected chi connectivity index (χ4v) is 2.74. The highest BCUT2D eigenvalue weighted by Gasteiger charge is 2.30. The molecule has 0 fully saturated rings. The number of allylic oxidation sites excluding steroid dienone is 1. The molecule has 0 amide bonds. The number of hydrogen-bond donors (Lipinski definition) is 0. The molecule has 1 aromatic carbocycles. The first kappa shape index (κ1) is 16.0. The standard InChI is InChI=1S/C12H11F3O2S2/c1-18-11(19(2)17)7-10(16)8-4-3-5-9(6-8)12(13,14)15/h3-7H,1-2H3. The van der Waals surface area contributed by atoms with Crippen molar-refractivity contribution in [3.8, 4) is 0 Å². The van der Waals surface area contributed by atoms with Crippen LogP contribution >= 0.6 is 11.8 Å². The summed E-state index contributed by atoms with van der Waals surface area (Å²) in [6.07, 6.45) is -0.333. The normalized spacial score (nSPS) is 14.3. The van der Waals surface area contributed by atoms with Gasteiger partial charge in [-0.1, -0.05) is 12.1 Å². The van der Waals surface area contributed by atoms with E-state index >= 15 is 0 Å². The van der Waals surface area contributed by atoms with Crippen LogP contribution in [0.1, 0.15) is 15.9 Å². The van der Waals surface area contributed by atoms with Crippen molar-refractivity contribution in [1.29, 1.82) is 0 Å². The van der Waals surface area contributed by atoms with Gasteiger partial charge in [-0.05, 0) is 18.4 Å². The average Bonchev–Trinajstić information content (AvgIpc) is 2.34. The van der Waals surface area contributed by atoms with Crippen molar-refractivity contribution in [2.45, 2.75) is 6.18 Å². The summed E-state index contributed by atoms with van der Waals surface area (Å²) in [5.41, 5.74) is -0.957. The first-order valence-electron chi connectivity index (χ1n) is 5.06. The smallest absolute Gasteiger partial charge is 0.289 e. The third-order valence-corrected chi connectivity index (χ3v) is 4.62. The van der Waals surface area contributed by atoms with Gasteiger partial charge in [0.15, 0.2) is 5.78 Å². The monoisotopic (exact) mass is 308 g/mol. The van der Waals surface area contributed by atoms with Gasteiger partial charge in [-0.2, -0.15) is 13.2 Å². The van der Waals surface area contributed by atoms with E-state index in [1.807, 2.05) is 0 Å². The minimum absolute atomic E-state index is 0.0770. The number of benzene rings is 1. The Morgan fingerprint density at radius 2 is 2.00 bits per heavy atom. The fraction of sp³-hybridized carbons (Fsp3) is 0.250. The van der Waals surface area contributed by atoms with Crippen molar-refractivity contribution < 1.29 is 22.2 Å². The van der Waals surface area contributed by atoms with Crippen LogP contribution in [0, 0.1) is 0 Å². The second-order valence-electron chi connectivity index (χ2n) is 3.56. The molecule has 0 aliphatic carbocycles. The van der Waals surface area contributed by atoms with Crippen molar-refractivity contribution in [1.82, 2.24) is 0 Å². The van der Waals surface area contributed by atoms with Crippen molar-refractivity contribution in [3.05, 3.63) is 45.7 Å². The minimum atomic E-state index is -4.49. The molecule has 0 radical (unpaired) electrons. The van der Waals surface area contributed by atoms with Gasteiger partial charge in [0.1, 0.15) is 0 Å². The zero-order valence-corrected chi connectivity index (χ0v) is 11.8. The van der Waals surface area contributed by atoms with Crippen LogP contribution in [0.3, 0.4) is 0 Å². The minimum Gasteiger partial charge on any atom is -0.289 e. The van der Waals surface area contributed by atoms with Crippen molar-refractivity contribution in [3.63, 3.8) is 0 Å². The Hall–Kier alpha value is -1.08. The molecule has 0 bridgehead atoms. The average molecular weight is 308 g/mol. The van der Waals surface area contributed by atoms with Crippen LogP contribution in [0.2, 0.25) is 0 Å². The number of hydrogen-bond acceptors (Lipinski definition) is 3. The Bertz CT molecular complexity index is 536. The topological polar surface area (TPSA) is 34.1 Å². The second-order valence-corrected chi connectivity index (χ2v) is 6.02. The van der Waals surface area contributed by atoms with E-state index in [9.17, 15) is 22.2 Å². The van der Waals surface area contributed by atoms with E-state index in [2.05, 4.69) is 0 Å². The Balaban J connectivity index is 3.11. The number of carbonyl (C=O) groups is 1. The van der Waals surface area contributed by atoms with Crippen LogP contribution < -0.4 is 0 Å². The molecule has 1 rings (SSSR count). The molecular formula is C12H11F3O2S2. The molecular weight excluding hydrogens is 297 g/mol. The lowest BCUT2D eigenvalue weighted by Gasteiger charge is -2.07. The molecule has 7 heteroatoms. The number of ketones is 1. The number of halogens is 3. The molecule has 0 aliphatic rings. The van der Waals surface area contributed by atoms with E-state index in [0.717, 1.165) is 30.0 Å². The molecule has 0 saturated carbocycles. The summed E-state index contributed by atoms with van der Waals surface area (Å²) in [6.45, 7) is 0. The van der Waals surface area contributed by atoms with Crippen molar-refractivity contribution in [2.75, 3.05) is 12.5 Å². The first-order chi connectivity index (χ1) is 8.75. The highest BCUT2D eigenvalue weighted by molar-refractivity contribution is 8.15. The summed E-state index contributed by atoms with van der Waals surface area (Å²) >= 11 is 1.13. The maximum absolute atomic E-state index is 12.5. The van der Waals surface area contributed by atoms with Crippen LogP contribution in [-0.4, -0.2) is 22.5 Å². The predicted octanol–water partition coefficient (Wildman–Crippen LogP) is 3.47. The summed E-state index contributed by atoms with van der Waals surface area (Å²) in [5.74, 6) is -0.592. The molecule has 0 aliphatic heterocycles. The molecule has 1 aromatic rings. The van der Waals surface area contributed by atoms with Gasteiger partial charge in [0.05, 0.1) is 20.6 Å². The first-order valence-corrected chi connectivity index (χ1v) is 7.84. The van der Waals surface area contributed by atoms with E-state index in [4.69, 9.17) is 0 Å². The van der Waals surface area contributed by atoms with Gasteiger partial charge < -0.3 is 0 Å². The fourth-order valence-electron chi connectivity index (χ4n) is 1.30. The molecule has 104 valence electrons. The molecule has 1 unspecified atom stereocenters. The summed E-state index contributed by atoms with van der Waals surface area (Å²) in [4.78, 5) is 11.8. The molecule has 0 N–H and O–H groups in total. The third kappa shape index (κ3) is 4.50. The van der Waals surface area contributed by atoms with Crippen molar-refractivity contribution in [2.24, 2.45) is 0 Å². The zero-order chi connectivity index (χ0) is 14.6. The molecule has 0 heterocycles. The van der Waals surface area contributed by atoms with Crippen LogP contribution in [0.4, 0.5) is 13.2 Å². The van der Waals surface area contributed by atoms with E-state index in [1.165, 1.54) is 18.4 Å². The number of alkyl halides is 3. The maximum Gasteiger partial charge on any atom is 0.416 e. The number of thioether (sulfide) groups is 1. The van der Waals surface area contributed by atoms with Crippen LogP contribution in [0.5, 0.6) is 0 Å². The Labute approximate surface area is 115 Å². The molecule has 0 spiro atoms. The van der Waals surface area contributed by atoms with Gasteiger partial charge in [0, 0.05) is 17.9 Å². The lowest BCUT2D eigenvalue weighted by Crippen LogP contribution is -2.07. The Morgan fingerprint density at radius 1 is 1.37 bits per heavy atom. The maximum atomic E-state index is 12.5. The van der Waals surface area contributed by atoms with E-state index in [1.54, 1.807) is 6.26 Å². The van der Waals surface area contributed by atoms with Crippen LogP contribution in [-0.2, 0) is 17.0 Å². The summed E-state index contributed by atoms with van der Waals surface area (Å²) < 4.78 is 49.1. The van der Waals surface area contributed by atoms with Gasteiger partial charge in [-0.3, -0.25) is 9.00 Å². The summed E-state index contributed by atoms with van der Waals surface area (Å²) in [7, 11) is -1.34. The van der Waals surface area contributed by atoms with Crippen LogP contribution in [0.15, 0.2) is 34.6 Å². The molecule has 0 saturated heterocycles. The van der Waals surface area contributed by atoms with E-state index < -0.39 is 28.3 Å². The highest BCUT2D eigenvalue weighted by Crippen LogP contribution is 2.29. The Kier molecular flexibility index (Phi) is 5.37. The molecule has 2 nitrogen and oxygen atoms in total. The molecule has 19 heavy (non-hydrogen) atoms. The van der Waals surface area contributed by atoms with Crippen molar-refractivity contribution >= 4 is 28.3 Å². The zero-order valence-electron chi connectivity index (χ0n) is 10.2. The third-order valence-electron chi connectivity index (χ3n) is 2.21. The molecule has 0 aromatic heterocycles. The quantitative estimate of drug-likeness (QED) is 0.631. The van der Waals surface area contributed by atoms with Gasteiger partial charge >= 0.3 is 6.18 Å². The largest absolute Gasteiger partial charge is 0.416 e. The van der Waals surface area contributed by atoms with Gasteiger partial charge in [-0.15, -0.1) is 11.8 Å². The van der Waals surface area contributed by atoms with Gasteiger partial charge in [0.25, 0.3) is 0 Å². The van der Waals surface area contributed by atoms with E-state index in [0.29, 0.717) is 4.24 Å². The highest BCUT2D eigenvalue weighted by atomic mass is 32.2. The Morgan fingerprint density at radius 3 is 2.47 bits per heavy atom. The van der Waals surface area contributed by atoms with Crippen LogP contribution in [0.25, 0.3) is 0 Å². The summed E-state index contributed by atoms with van der Waals surface area (Å²) in [5, 5.41) is 0. The molecule has 1 atom stereocenters.